The molecule has 0 bridgehead atoms. The predicted molar refractivity (Wildman–Crippen MR) is 58.6 cm³/mol. The lowest BCUT2D eigenvalue weighted by atomic mass is 10.0. The Kier molecular flexibility index (Phi) is 2.29. The van der Waals surface area contributed by atoms with Crippen LogP contribution in [0.5, 0.6) is 0 Å². The zero-order valence-electron chi connectivity index (χ0n) is 9.20. The summed E-state index contributed by atoms with van der Waals surface area (Å²) in [5, 5.41) is 3.46. The summed E-state index contributed by atoms with van der Waals surface area (Å²) in [5.41, 5.74) is 1.28. The Labute approximate surface area is 90.4 Å². The SMILES string of the molecule is Cc1ccoc1CN1C[C@H]2CNC[C@H]2C1. The van der Waals surface area contributed by atoms with Gasteiger partial charge in [0.2, 0.25) is 0 Å². The van der Waals surface area contributed by atoms with E-state index in [9.17, 15) is 0 Å². The second-order valence-electron chi connectivity index (χ2n) is 4.90. The van der Waals surface area contributed by atoms with Crippen molar-refractivity contribution in [3.8, 4) is 0 Å². The van der Waals surface area contributed by atoms with Gasteiger partial charge >= 0.3 is 0 Å². The molecule has 0 aromatic carbocycles. The maximum atomic E-state index is 5.49. The number of nitrogens with one attached hydrogen (secondary N) is 1. The van der Waals surface area contributed by atoms with E-state index < -0.39 is 0 Å². The molecule has 1 aromatic heterocycles. The lowest BCUT2D eigenvalue weighted by molar-refractivity contribution is 0.277. The number of aryl methyl sites for hydroxylation is 1. The smallest absolute Gasteiger partial charge is 0.120 e. The molecule has 2 fully saturated rings. The van der Waals surface area contributed by atoms with E-state index in [1.807, 2.05) is 6.07 Å². The van der Waals surface area contributed by atoms with E-state index in [2.05, 4.69) is 17.1 Å². The molecule has 2 aliphatic rings. The first-order valence-electron chi connectivity index (χ1n) is 5.79. The van der Waals surface area contributed by atoms with Gasteiger partial charge in [-0.25, -0.2) is 0 Å². The maximum Gasteiger partial charge on any atom is 0.120 e. The molecule has 2 saturated heterocycles. The van der Waals surface area contributed by atoms with Crippen LogP contribution in [-0.2, 0) is 6.54 Å². The summed E-state index contributed by atoms with van der Waals surface area (Å²) in [6.45, 7) is 8.00. The second-order valence-corrected chi connectivity index (χ2v) is 4.90. The van der Waals surface area contributed by atoms with Crippen LogP contribution in [0.15, 0.2) is 16.7 Å². The minimum atomic E-state index is 0.875. The average Bonchev–Trinajstić information content (AvgIpc) is 2.83. The molecule has 3 nitrogen and oxygen atoms in total. The van der Waals surface area contributed by atoms with Crippen molar-refractivity contribution in [2.45, 2.75) is 13.5 Å². The average molecular weight is 206 g/mol. The monoisotopic (exact) mass is 206 g/mol. The van der Waals surface area contributed by atoms with Crippen molar-refractivity contribution >= 4 is 0 Å². The Morgan fingerprint density at radius 1 is 1.40 bits per heavy atom. The van der Waals surface area contributed by atoms with Gasteiger partial charge in [0.15, 0.2) is 0 Å². The summed E-state index contributed by atoms with van der Waals surface area (Å²) in [7, 11) is 0. The molecular formula is C12H18N2O. The quantitative estimate of drug-likeness (QED) is 0.789. The molecule has 3 rings (SSSR count). The summed E-state index contributed by atoms with van der Waals surface area (Å²) in [4.78, 5) is 2.53. The molecule has 0 unspecified atom stereocenters. The highest BCUT2D eigenvalue weighted by molar-refractivity contribution is 5.14. The van der Waals surface area contributed by atoms with Gasteiger partial charge in [-0.1, -0.05) is 0 Å². The van der Waals surface area contributed by atoms with Gasteiger partial charge in [-0.05, 0) is 43.5 Å². The van der Waals surface area contributed by atoms with Crippen LogP contribution in [0.4, 0.5) is 0 Å². The highest BCUT2D eigenvalue weighted by Gasteiger charge is 2.36. The molecule has 1 aromatic rings. The zero-order valence-corrected chi connectivity index (χ0v) is 9.20. The molecule has 15 heavy (non-hydrogen) atoms. The fraction of sp³-hybridized carbons (Fsp3) is 0.667. The molecule has 2 aliphatic heterocycles. The summed E-state index contributed by atoms with van der Waals surface area (Å²) >= 11 is 0. The second kappa shape index (κ2) is 3.65. The molecule has 0 spiro atoms. The number of rotatable bonds is 2. The number of fused-ring (bicyclic) bond motifs is 1. The van der Waals surface area contributed by atoms with Gasteiger partial charge < -0.3 is 9.73 Å². The van der Waals surface area contributed by atoms with E-state index in [0.717, 1.165) is 24.1 Å². The number of hydrogen-bond acceptors (Lipinski definition) is 3. The third-order valence-corrected chi connectivity index (χ3v) is 3.80. The van der Waals surface area contributed by atoms with Crippen LogP contribution in [0.2, 0.25) is 0 Å². The molecule has 3 heterocycles. The molecule has 82 valence electrons. The number of nitrogens with zero attached hydrogens (tertiary/aromatic N) is 1. The van der Waals surface area contributed by atoms with Crippen molar-refractivity contribution in [2.75, 3.05) is 26.2 Å². The first kappa shape index (κ1) is 9.43. The molecular weight excluding hydrogens is 188 g/mol. The van der Waals surface area contributed by atoms with Crippen molar-refractivity contribution in [1.29, 1.82) is 0 Å². The van der Waals surface area contributed by atoms with Crippen LogP contribution >= 0.6 is 0 Å². The van der Waals surface area contributed by atoms with Gasteiger partial charge in [0.1, 0.15) is 5.76 Å². The van der Waals surface area contributed by atoms with Crippen LogP contribution in [-0.4, -0.2) is 31.1 Å². The Morgan fingerprint density at radius 3 is 2.73 bits per heavy atom. The van der Waals surface area contributed by atoms with Crippen LogP contribution in [0.1, 0.15) is 11.3 Å². The summed E-state index contributed by atoms with van der Waals surface area (Å²) in [6.07, 6.45) is 1.79. The summed E-state index contributed by atoms with van der Waals surface area (Å²) < 4.78 is 5.49. The van der Waals surface area contributed by atoms with Crippen molar-refractivity contribution in [3.05, 3.63) is 23.7 Å². The minimum Gasteiger partial charge on any atom is -0.468 e. The molecule has 1 N–H and O–H groups in total. The Bertz CT molecular complexity index is 335. The van der Waals surface area contributed by atoms with Crippen molar-refractivity contribution in [3.63, 3.8) is 0 Å². The molecule has 3 heteroatoms. The molecule has 2 atom stereocenters. The van der Waals surface area contributed by atoms with Gasteiger partial charge in [-0.3, -0.25) is 4.90 Å². The van der Waals surface area contributed by atoms with Gasteiger partial charge in [0, 0.05) is 13.1 Å². The highest BCUT2D eigenvalue weighted by Crippen LogP contribution is 2.27. The van der Waals surface area contributed by atoms with Gasteiger partial charge in [-0.2, -0.15) is 0 Å². The van der Waals surface area contributed by atoms with Gasteiger partial charge in [-0.15, -0.1) is 0 Å². The lowest BCUT2D eigenvalue weighted by Gasteiger charge is -2.15. The van der Waals surface area contributed by atoms with E-state index in [0.29, 0.717) is 0 Å². The topological polar surface area (TPSA) is 28.4 Å². The van der Waals surface area contributed by atoms with Gasteiger partial charge in [0.05, 0.1) is 12.8 Å². The van der Waals surface area contributed by atoms with E-state index in [4.69, 9.17) is 4.42 Å². The lowest BCUT2D eigenvalue weighted by Crippen LogP contribution is -2.25. The van der Waals surface area contributed by atoms with Crippen LogP contribution in [0.3, 0.4) is 0 Å². The number of likely N-dealkylation sites (tertiary alicyclic amines) is 1. The predicted octanol–water partition coefficient (Wildman–Crippen LogP) is 1.24. The van der Waals surface area contributed by atoms with Gasteiger partial charge in [0.25, 0.3) is 0 Å². The van der Waals surface area contributed by atoms with E-state index in [1.54, 1.807) is 6.26 Å². The van der Waals surface area contributed by atoms with Crippen molar-refractivity contribution in [2.24, 2.45) is 11.8 Å². The number of hydrogen-bond donors (Lipinski definition) is 1. The van der Waals surface area contributed by atoms with Crippen molar-refractivity contribution in [1.82, 2.24) is 10.2 Å². The maximum absolute atomic E-state index is 5.49. The molecule has 0 radical (unpaired) electrons. The Hall–Kier alpha value is -0.800. The third kappa shape index (κ3) is 1.70. The van der Waals surface area contributed by atoms with E-state index >= 15 is 0 Å². The first-order valence-corrected chi connectivity index (χ1v) is 5.79. The molecule has 0 aliphatic carbocycles. The fourth-order valence-electron chi connectivity index (χ4n) is 2.85. The zero-order chi connectivity index (χ0) is 10.3. The van der Waals surface area contributed by atoms with Crippen LogP contribution < -0.4 is 5.32 Å². The van der Waals surface area contributed by atoms with Crippen molar-refractivity contribution < 1.29 is 4.42 Å². The standard InChI is InChI=1S/C12H18N2O/c1-9-2-3-15-12(9)8-14-6-10-4-13-5-11(10)7-14/h2-3,10-11,13H,4-8H2,1H3/t10-,11+. The summed E-state index contributed by atoms with van der Waals surface area (Å²) in [6, 6.07) is 2.05. The van der Waals surface area contributed by atoms with Crippen LogP contribution in [0.25, 0.3) is 0 Å². The number of furan rings is 1. The minimum absolute atomic E-state index is 0.875. The summed E-state index contributed by atoms with van der Waals surface area (Å²) in [5.74, 6) is 2.89. The first-order chi connectivity index (χ1) is 7.33. The highest BCUT2D eigenvalue weighted by atomic mass is 16.3. The largest absolute Gasteiger partial charge is 0.468 e. The molecule has 0 amide bonds. The fourth-order valence-corrected chi connectivity index (χ4v) is 2.85. The third-order valence-electron chi connectivity index (χ3n) is 3.80. The Morgan fingerprint density at radius 2 is 2.13 bits per heavy atom. The molecule has 0 saturated carbocycles. The Balaban J connectivity index is 1.64. The van der Waals surface area contributed by atoms with E-state index in [1.165, 1.54) is 31.7 Å². The van der Waals surface area contributed by atoms with Crippen LogP contribution in [0, 0.1) is 18.8 Å². The normalized spacial score (nSPS) is 31.0. The van der Waals surface area contributed by atoms with E-state index in [-0.39, 0.29) is 0 Å².